The number of hydrogen-bond acceptors (Lipinski definition) is 6. The van der Waals surface area contributed by atoms with Crippen LogP contribution in [0.15, 0.2) is 12.3 Å². The molecule has 132 valence electrons. The second kappa shape index (κ2) is 6.88. The van der Waals surface area contributed by atoms with Crippen molar-refractivity contribution in [2.75, 3.05) is 11.9 Å². The van der Waals surface area contributed by atoms with Gasteiger partial charge >= 0.3 is 0 Å². The molecule has 0 radical (unpaired) electrons. The summed E-state index contributed by atoms with van der Waals surface area (Å²) in [6, 6.07) is 1.14. The Morgan fingerprint density at radius 1 is 1.48 bits per heavy atom. The second-order valence-electron chi connectivity index (χ2n) is 6.06. The average molecular weight is 344 g/mol. The highest BCUT2D eigenvalue weighted by atomic mass is 16.6. The summed E-state index contributed by atoms with van der Waals surface area (Å²) in [4.78, 5) is 30.3. The van der Waals surface area contributed by atoms with Crippen LogP contribution >= 0.6 is 0 Å². The number of nitrogens with one attached hydrogen (secondary N) is 1. The number of pyridine rings is 1. The fourth-order valence-corrected chi connectivity index (χ4v) is 3.17. The summed E-state index contributed by atoms with van der Waals surface area (Å²) in [7, 11) is 0. The predicted molar refractivity (Wildman–Crippen MR) is 91.5 cm³/mol. The fraction of sp³-hybridized carbons (Fsp3) is 0.438. The molecule has 1 aliphatic rings. The normalized spacial score (nSPS) is 13.3. The number of aromatic nitrogens is 3. The van der Waals surface area contributed by atoms with E-state index in [1.54, 1.807) is 0 Å². The molecule has 0 bridgehead atoms. The zero-order chi connectivity index (χ0) is 18.0. The summed E-state index contributed by atoms with van der Waals surface area (Å²) in [6.07, 6.45) is 5.15. The van der Waals surface area contributed by atoms with E-state index in [-0.39, 0.29) is 17.1 Å². The van der Waals surface area contributed by atoms with Crippen LogP contribution in [0.3, 0.4) is 0 Å². The molecule has 2 aromatic rings. The van der Waals surface area contributed by atoms with Crippen molar-refractivity contribution in [3.63, 3.8) is 0 Å². The molecule has 0 unspecified atom stereocenters. The second-order valence-corrected chi connectivity index (χ2v) is 6.06. The van der Waals surface area contributed by atoms with Gasteiger partial charge in [-0.15, -0.1) is 0 Å². The highest BCUT2D eigenvalue weighted by molar-refractivity contribution is 5.98. The van der Waals surface area contributed by atoms with Gasteiger partial charge in [-0.3, -0.25) is 14.9 Å². The number of hydrogen-bond donors (Lipinski definition) is 2. The van der Waals surface area contributed by atoms with Gasteiger partial charge in [-0.1, -0.05) is 0 Å². The van der Waals surface area contributed by atoms with E-state index in [1.807, 2.05) is 6.92 Å². The first kappa shape index (κ1) is 16.9. The number of nitro groups is 1. The van der Waals surface area contributed by atoms with Crippen LogP contribution in [0.2, 0.25) is 0 Å². The molecule has 3 N–H and O–H groups in total. The molecule has 9 nitrogen and oxygen atoms in total. The lowest BCUT2D eigenvalue weighted by molar-refractivity contribution is -0.385. The lowest BCUT2D eigenvalue weighted by Crippen LogP contribution is -2.19. The molecule has 9 heteroatoms. The Balaban J connectivity index is 1.73. The molecule has 0 spiro atoms. The van der Waals surface area contributed by atoms with Crippen LogP contribution in [-0.2, 0) is 19.4 Å². The quantitative estimate of drug-likeness (QED) is 0.604. The van der Waals surface area contributed by atoms with Crippen molar-refractivity contribution in [3.8, 4) is 0 Å². The van der Waals surface area contributed by atoms with Crippen LogP contribution in [0.5, 0.6) is 0 Å². The van der Waals surface area contributed by atoms with Gasteiger partial charge in [0, 0.05) is 37.7 Å². The standard InChI is InChI=1S/C16H20N6O3/c1-10-13(21-7-3-2-4-14(21)20-10)5-6-18-16-12(15(17)23)8-11(9-19-16)22(24)25/h8-9H,2-7H2,1H3,(H2,17,23)(H,18,19). The lowest BCUT2D eigenvalue weighted by Gasteiger charge is -2.17. The van der Waals surface area contributed by atoms with E-state index in [2.05, 4.69) is 19.9 Å². The summed E-state index contributed by atoms with van der Waals surface area (Å²) in [5.74, 6) is 0.635. The smallest absolute Gasteiger partial charge is 0.288 e. The Kier molecular flexibility index (Phi) is 4.64. The number of nitrogens with two attached hydrogens (primary N) is 1. The zero-order valence-corrected chi connectivity index (χ0v) is 14.0. The van der Waals surface area contributed by atoms with Crippen molar-refractivity contribution in [3.05, 3.63) is 45.2 Å². The molecule has 0 aliphatic carbocycles. The average Bonchev–Trinajstić information content (AvgIpc) is 2.90. The van der Waals surface area contributed by atoms with Gasteiger partial charge in [0.25, 0.3) is 11.6 Å². The van der Waals surface area contributed by atoms with Gasteiger partial charge in [-0.25, -0.2) is 9.97 Å². The Morgan fingerprint density at radius 3 is 3.00 bits per heavy atom. The molecule has 25 heavy (non-hydrogen) atoms. The van der Waals surface area contributed by atoms with Crippen molar-refractivity contribution in [2.24, 2.45) is 5.73 Å². The van der Waals surface area contributed by atoms with Gasteiger partial charge in [-0.2, -0.15) is 0 Å². The number of aryl methyl sites for hydroxylation is 2. The van der Waals surface area contributed by atoms with Crippen molar-refractivity contribution in [2.45, 2.75) is 39.2 Å². The molecule has 0 atom stereocenters. The maximum absolute atomic E-state index is 11.5. The van der Waals surface area contributed by atoms with Gasteiger partial charge in [0.2, 0.25) is 0 Å². The van der Waals surface area contributed by atoms with Gasteiger partial charge < -0.3 is 15.6 Å². The van der Waals surface area contributed by atoms with Crippen LogP contribution in [0.4, 0.5) is 11.5 Å². The highest BCUT2D eigenvalue weighted by Gasteiger charge is 2.18. The predicted octanol–water partition coefficient (Wildman–Crippen LogP) is 1.58. The first-order valence-corrected chi connectivity index (χ1v) is 8.20. The molecule has 0 saturated heterocycles. The summed E-state index contributed by atoms with van der Waals surface area (Å²) in [6.45, 7) is 3.50. The van der Waals surface area contributed by atoms with E-state index in [0.717, 1.165) is 49.6 Å². The fourth-order valence-electron chi connectivity index (χ4n) is 3.17. The maximum Gasteiger partial charge on any atom is 0.288 e. The Bertz CT molecular complexity index is 830. The molecule has 0 fully saturated rings. The third-order valence-electron chi connectivity index (χ3n) is 4.39. The monoisotopic (exact) mass is 344 g/mol. The summed E-state index contributed by atoms with van der Waals surface area (Å²) in [5, 5.41) is 13.9. The van der Waals surface area contributed by atoms with Crippen LogP contribution in [0, 0.1) is 17.0 Å². The first-order valence-electron chi connectivity index (χ1n) is 8.20. The number of primary amides is 1. The zero-order valence-electron chi connectivity index (χ0n) is 14.0. The lowest BCUT2D eigenvalue weighted by atomic mass is 10.1. The summed E-state index contributed by atoms with van der Waals surface area (Å²) >= 11 is 0. The van der Waals surface area contributed by atoms with Crippen LogP contribution < -0.4 is 11.1 Å². The number of anilines is 1. The Morgan fingerprint density at radius 2 is 2.28 bits per heavy atom. The molecule has 3 rings (SSSR count). The van der Waals surface area contributed by atoms with Crippen molar-refractivity contribution in [1.82, 2.24) is 14.5 Å². The molecule has 1 aliphatic heterocycles. The van der Waals surface area contributed by atoms with Gasteiger partial charge in [-0.05, 0) is 19.8 Å². The number of carbonyl (C=O) groups excluding carboxylic acids is 1. The Hall–Kier alpha value is -2.97. The first-order chi connectivity index (χ1) is 12.0. The number of imidazole rings is 1. The van der Waals surface area contributed by atoms with E-state index in [1.165, 1.54) is 12.1 Å². The van der Waals surface area contributed by atoms with Crippen LogP contribution in [0.25, 0.3) is 0 Å². The third-order valence-corrected chi connectivity index (χ3v) is 4.39. The van der Waals surface area contributed by atoms with Gasteiger partial charge in [0.15, 0.2) is 0 Å². The topological polar surface area (TPSA) is 129 Å². The van der Waals surface area contributed by atoms with Crippen LogP contribution in [0.1, 0.15) is 40.4 Å². The molecule has 2 aromatic heterocycles. The summed E-state index contributed by atoms with van der Waals surface area (Å²) in [5.41, 5.74) is 7.25. The SMILES string of the molecule is Cc1nc2n(c1CCNc1ncc([N+](=O)[O-])cc1C(N)=O)CCCC2. The van der Waals surface area contributed by atoms with Crippen molar-refractivity contribution in [1.29, 1.82) is 0 Å². The molecule has 0 aromatic carbocycles. The largest absolute Gasteiger partial charge is 0.369 e. The molecular formula is C16H20N6O3. The number of fused-ring (bicyclic) bond motifs is 1. The number of nitrogens with zero attached hydrogens (tertiary/aromatic N) is 4. The number of amides is 1. The summed E-state index contributed by atoms with van der Waals surface area (Å²) < 4.78 is 2.26. The molecule has 0 saturated carbocycles. The van der Waals surface area contributed by atoms with Crippen molar-refractivity contribution >= 4 is 17.4 Å². The van der Waals surface area contributed by atoms with E-state index in [9.17, 15) is 14.9 Å². The van der Waals surface area contributed by atoms with Gasteiger partial charge in [0.1, 0.15) is 17.8 Å². The minimum atomic E-state index is -0.753. The van der Waals surface area contributed by atoms with E-state index < -0.39 is 10.8 Å². The van der Waals surface area contributed by atoms with Crippen LogP contribution in [-0.4, -0.2) is 31.9 Å². The number of rotatable bonds is 6. The molecule has 1 amide bonds. The van der Waals surface area contributed by atoms with E-state index in [0.29, 0.717) is 6.54 Å². The minimum Gasteiger partial charge on any atom is -0.369 e. The van der Waals surface area contributed by atoms with Crippen molar-refractivity contribution < 1.29 is 9.72 Å². The van der Waals surface area contributed by atoms with E-state index >= 15 is 0 Å². The highest BCUT2D eigenvalue weighted by Crippen LogP contribution is 2.21. The maximum atomic E-state index is 11.5. The third kappa shape index (κ3) is 3.44. The number of carbonyl (C=O) groups is 1. The molecule has 3 heterocycles. The Labute approximate surface area is 144 Å². The minimum absolute atomic E-state index is 0.0150. The van der Waals surface area contributed by atoms with Gasteiger partial charge in [0.05, 0.1) is 16.2 Å². The molecular weight excluding hydrogens is 324 g/mol. The van der Waals surface area contributed by atoms with E-state index in [4.69, 9.17) is 5.73 Å².